The van der Waals surface area contributed by atoms with Gasteiger partial charge in [-0.05, 0) is 30.7 Å². The molecule has 0 saturated carbocycles. The first-order chi connectivity index (χ1) is 14.1. The summed E-state index contributed by atoms with van der Waals surface area (Å²) < 4.78 is 12.9. The molecule has 8 heteroatoms. The molecule has 4 rings (SSSR count). The fourth-order valence-corrected chi connectivity index (χ4v) is 3.63. The number of carbonyl (C=O) groups excluding carboxylic acids is 1. The molecule has 0 aliphatic carbocycles. The minimum Gasteiger partial charge on any atom is -0.497 e. The third-order valence-electron chi connectivity index (χ3n) is 5.17. The average Bonchev–Trinajstić information content (AvgIpc) is 3.07. The molecule has 1 aromatic carbocycles. The molecule has 0 N–H and O–H groups in total. The van der Waals surface area contributed by atoms with Crippen molar-refractivity contribution in [3.8, 4) is 11.6 Å². The van der Waals surface area contributed by atoms with Crippen molar-refractivity contribution in [2.45, 2.75) is 26.5 Å². The van der Waals surface area contributed by atoms with Crippen LogP contribution in [-0.2, 0) is 26.6 Å². The minimum atomic E-state index is 0.0143. The van der Waals surface area contributed by atoms with Gasteiger partial charge in [0, 0.05) is 55.8 Å². The summed E-state index contributed by atoms with van der Waals surface area (Å²) in [6.07, 6.45) is 5.50. The molecule has 3 aromatic rings. The lowest BCUT2D eigenvalue weighted by molar-refractivity contribution is 0.0731. The van der Waals surface area contributed by atoms with Crippen molar-refractivity contribution in [2.75, 3.05) is 13.7 Å². The van der Waals surface area contributed by atoms with Crippen LogP contribution < -0.4 is 9.47 Å². The molecule has 0 radical (unpaired) electrons. The van der Waals surface area contributed by atoms with Gasteiger partial charge in [0.2, 0.25) is 5.88 Å². The molecule has 0 bridgehead atoms. The molecule has 0 fully saturated rings. The highest BCUT2D eigenvalue weighted by Gasteiger charge is 2.28. The number of ether oxygens (including phenoxy) is 2. The number of methoxy groups -OCH3 is 1. The van der Waals surface area contributed by atoms with Crippen LogP contribution in [0, 0.1) is 6.92 Å². The Morgan fingerprint density at radius 3 is 2.86 bits per heavy atom. The van der Waals surface area contributed by atoms with E-state index in [1.807, 2.05) is 41.8 Å². The largest absolute Gasteiger partial charge is 0.497 e. The molecule has 3 heterocycles. The van der Waals surface area contributed by atoms with E-state index in [1.54, 1.807) is 25.7 Å². The number of aromatic nitrogens is 4. The molecule has 0 unspecified atom stereocenters. The first-order valence-electron chi connectivity index (χ1n) is 9.43. The van der Waals surface area contributed by atoms with Crippen LogP contribution >= 0.6 is 0 Å². The Hall–Kier alpha value is -3.42. The summed E-state index contributed by atoms with van der Waals surface area (Å²) in [6, 6.07) is 5.53. The summed E-state index contributed by atoms with van der Waals surface area (Å²) in [7, 11) is 3.55. The maximum atomic E-state index is 13.1. The third-order valence-corrected chi connectivity index (χ3v) is 5.17. The van der Waals surface area contributed by atoms with Gasteiger partial charge >= 0.3 is 0 Å². The Bertz CT molecular complexity index is 1030. The Labute approximate surface area is 169 Å². The zero-order chi connectivity index (χ0) is 20.4. The van der Waals surface area contributed by atoms with Crippen LogP contribution in [0.4, 0.5) is 0 Å². The number of hydrogen-bond donors (Lipinski definition) is 0. The molecular weight excluding hydrogens is 370 g/mol. The predicted molar refractivity (Wildman–Crippen MR) is 106 cm³/mol. The monoisotopic (exact) mass is 393 g/mol. The van der Waals surface area contributed by atoms with Gasteiger partial charge in [-0.15, -0.1) is 0 Å². The van der Waals surface area contributed by atoms with Crippen molar-refractivity contribution in [3.05, 3.63) is 64.9 Å². The topological polar surface area (TPSA) is 82.4 Å². The van der Waals surface area contributed by atoms with E-state index in [1.165, 1.54) is 0 Å². The van der Waals surface area contributed by atoms with Crippen molar-refractivity contribution in [3.63, 3.8) is 0 Å². The van der Waals surface area contributed by atoms with Crippen molar-refractivity contribution < 1.29 is 14.3 Å². The van der Waals surface area contributed by atoms with E-state index < -0.39 is 0 Å². The summed E-state index contributed by atoms with van der Waals surface area (Å²) in [5.74, 6) is 1.21. The van der Waals surface area contributed by atoms with E-state index in [0.717, 1.165) is 34.7 Å². The van der Waals surface area contributed by atoms with Crippen LogP contribution in [0.3, 0.4) is 0 Å². The number of hydrogen-bond acceptors (Lipinski definition) is 6. The van der Waals surface area contributed by atoms with E-state index in [4.69, 9.17) is 9.47 Å². The van der Waals surface area contributed by atoms with Gasteiger partial charge in [0.1, 0.15) is 18.1 Å². The zero-order valence-electron chi connectivity index (χ0n) is 16.8. The molecule has 1 amide bonds. The van der Waals surface area contributed by atoms with E-state index >= 15 is 0 Å². The van der Waals surface area contributed by atoms with Crippen molar-refractivity contribution in [1.82, 2.24) is 24.6 Å². The Morgan fingerprint density at radius 1 is 1.28 bits per heavy atom. The molecular formula is C21H23N5O3. The highest BCUT2D eigenvalue weighted by molar-refractivity contribution is 5.96. The van der Waals surface area contributed by atoms with Crippen molar-refractivity contribution in [2.24, 2.45) is 7.05 Å². The number of fused-ring (bicyclic) bond motifs is 1. The summed E-state index contributed by atoms with van der Waals surface area (Å²) in [5.41, 5.74) is 4.59. The molecule has 0 spiro atoms. The summed E-state index contributed by atoms with van der Waals surface area (Å²) in [5, 5.41) is 4.60. The first kappa shape index (κ1) is 18.9. The lowest BCUT2D eigenvalue weighted by Gasteiger charge is -2.28. The molecule has 29 heavy (non-hydrogen) atoms. The van der Waals surface area contributed by atoms with Gasteiger partial charge < -0.3 is 14.4 Å². The third kappa shape index (κ3) is 3.78. The summed E-state index contributed by atoms with van der Waals surface area (Å²) >= 11 is 0. The smallest absolute Gasteiger partial charge is 0.254 e. The van der Waals surface area contributed by atoms with Gasteiger partial charge in [-0.3, -0.25) is 14.5 Å². The van der Waals surface area contributed by atoms with Gasteiger partial charge in [-0.1, -0.05) is 0 Å². The maximum Gasteiger partial charge on any atom is 0.254 e. The summed E-state index contributed by atoms with van der Waals surface area (Å²) in [4.78, 5) is 23.1. The van der Waals surface area contributed by atoms with Gasteiger partial charge in [0.15, 0.2) is 0 Å². The highest BCUT2D eigenvalue weighted by atomic mass is 16.5. The number of nitrogens with zero attached hydrogens (tertiary/aromatic N) is 5. The predicted octanol–water partition coefficient (Wildman–Crippen LogP) is 2.30. The molecule has 0 saturated heterocycles. The van der Waals surface area contributed by atoms with Gasteiger partial charge in [-0.2, -0.15) is 5.10 Å². The quantitative estimate of drug-likeness (QED) is 0.662. The van der Waals surface area contributed by atoms with Gasteiger partial charge in [-0.25, -0.2) is 4.98 Å². The normalized spacial score (nSPS) is 13.1. The van der Waals surface area contributed by atoms with Gasteiger partial charge in [0.25, 0.3) is 5.91 Å². The van der Waals surface area contributed by atoms with Crippen LogP contribution in [0.25, 0.3) is 0 Å². The first-order valence-corrected chi connectivity index (χ1v) is 9.43. The maximum absolute atomic E-state index is 13.1. The number of amides is 1. The second-order valence-electron chi connectivity index (χ2n) is 6.99. The van der Waals surface area contributed by atoms with Crippen molar-refractivity contribution in [1.29, 1.82) is 0 Å². The SMILES string of the molecule is COc1ccc(C(=O)N2CCc3c(c(COc4cnccn4)nn3C)C2)c(C)c1. The lowest BCUT2D eigenvalue weighted by atomic mass is 10.0. The van der Waals surface area contributed by atoms with E-state index in [2.05, 4.69) is 15.1 Å². The van der Waals surface area contributed by atoms with Crippen LogP contribution in [0.5, 0.6) is 11.6 Å². The number of aryl methyl sites for hydroxylation is 2. The van der Waals surface area contributed by atoms with Crippen LogP contribution in [0.1, 0.15) is 32.9 Å². The minimum absolute atomic E-state index is 0.0143. The average molecular weight is 393 g/mol. The fraction of sp³-hybridized carbons (Fsp3) is 0.333. The Morgan fingerprint density at radius 2 is 2.14 bits per heavy atom. The molecule has 1 aliphatic heterocycles. The fourth-order valence-electron chi connectivity index (χ4n) is 3.63. The van der Waals surface area contributed by atoms with Crippen LogP contribution in [0.2, 0.25) is 0 Å². The number of carbonyl (C=O) groups is 1. The number of rotatable bonds is 5. The zero-order valence-corrected chi connectivity index (χ0v) is 16.8. The Balaban J connectivity index is 1.53. The van der Waals surface area contributed by atoms with Gasteiger partial charge in [0.05, 0.1) is 13.3 Å². The number of benzene rings is 1. The summed E-state index contributed by atoms with van der Waals surface area (Å²) in [6.45, 7) is 3.37. The lowest BCUT2D eigenvalue weighted by Crippen LogP contribution is -2.36. The van der Waals surface area contributed by atoms with Crippen LogP contribution in [-0.4, -0.2) is 44.2 Å². The molecule has 2 aromatic heterocycles. The van der Waals surface area contributed by atoms with Crippen LogP contribution in [0.15, 0.2) is 36.8 Å². The second-order valence-corrected chi connectivity index (χ2v) is 6.99. The molecule has 0 atom stereocenters. The standard InChI is InChI=1S/C21H23N5O3/c1-14-10-15(28-3)4-5-16(14)21(27)26-9-6-19-17(12-26)18(24-25(19)2)13-29-20-11-22-7-8-23-20/h4-5,7-8,10-11H,6,9,12-13H2,1-3H3. The van der Waals surface area contributed by atoms with E-state index in [9.17, 15) is 4.79 Å². The second kappa shape index (κ2) is 7.90. The molecule has 150 valence electrons. The molecule has 1 aliphatic rings. The molecule has 8 nitrogen and oxygen atoms in total. The van der Waals surface area contributed by atoms with E-state index in [0.29, 0.717) is 24.5 Å². The van der Waals surface area contributed by atoms with E-state index in [-0.39, 0.29) is 12.5 Å². The highest BCUT2D eigenvalue weighted by Crippen LogP contribution is 2.26. The Kier molecular flexibility index (Phi) is 5.16. The van der Waals surface area contributed by atoms with Crippen molar-refractivity contribution >= 4 is 5.91 Å².